The maximum Gasteiger partial charge on any atom is 0.251 e. The Bertz CT molecular complexity index is 405. The van der Waals surface area contributed by atoms with Gasteiger partial charge in [0.2, 0.25) is 0 Å². The summed E-state index contributed by atoms with van der Waals surface area (Å²) < 4.78 is 5.39. The molecular formula is C15H24N2O2. The average molecular weight is 264 g/mol. The van der Waals surface area contributed by atoms with Crippen LogP contribution in [0.3, 0.4) is 0 Å². The number of hydrogen-bond acceptors (Lipinski definition) is 3. The molecule has 0 bridgehead atoms. The molecule has 0 aliphatic heterocycles. The van der Waals surface area contributed by atoms with E-state index in [-0.39, 0.29) is 11.9 Å². The Kier molecular flexibility index (Phi) is 6.36. The lowest BCUT2D eigenvalue weighted by molar-refractivity contribution is 0.0933. The third-order valence-corrected chi connectivity index (χ3v) is 2.78. The van der Waals surface area contributed by atoms with Crippen LogP contribution in [0.2, 0.25) is 0 Å². The largest absolute Gasteiger partial charge is 0.494 e. The predicted molar refractivity (Wildman–Crippen MR) is 77.4 cm³/mol. The number of amides is 1. The van der Waals surface area contributed by atoms with Gasteiger partial charge in [-0.1, -0.05) is 19.9 Å². The number of benzene rings is 1. The molecule has 0 fully saturated rings. The van der Waals surface area contributed by atoms with Crippen molar-refractivity contribution in [1.29, 1.82) is 0 Å². The maximum atomic E-state index is 12.1. The first-order valence-electron chi connectivity index (χ1n) is 6.80. The highest BCUT2D eigenvalue weighted by Crippen LogP contribution is 2.13. The van der Waals surface area contributed by atoms with Crippen molar-refractivity contribution in [1.82, 2.24) is 5.32 Å². The maximum absolute atomic E-state index is 12.1. The van der Waals surface area contributed by atoms with Crippen LogP contribution in [-0.2, 0) is 0 Å². The number of nitrogens with two attached hydrogens (primary N) is 1. The summed E-state index contributed by atoms with van der Waals surface area (Å²) in [6.07, 6.45) is 0.882. The van der Waals surface area contributed by atoms with Gasteiger partial charge in [-0.25, -0.2) is 0 Å². The zero-order valence-corrected chi connectivity index (χ0v) is 12.0. The molecule has 0 saturated carbocycles. The Morgan fingerprint density at radius 1 is 1.42 bits per heavy atom. The molecule has 1 aromatic carbocycles. The van der Waals surface area contributed by atoms with Crippen LogP contribution in [0.25, 0.3) is 0 Å². The lowest BCUT2D eigenvalue weighted by Crippen LogP contribution is -2.41. The molecule has 4 heteroatoms. The van der Waals surface area contributed by atoms with E-state index in [1.807, 2.05) is 19.1 Å². The van der Waals surface area contributed by atoms with Crippen LogP contribution in [-0.4, -0.2) is 25.1 Å². The topological polar surface area (TPSA) is 64.3 Å². The predicted octanol–water partition coefficient (Wildman–Crippen LogP) is 2.19. The molecule has 1 unspecified atom stereocenters. The molecule has 0 radical (unpaired) electrons. The van der Waals surface area contributed by atoms with E-state index < -0.39 is 0 Å². The third-order valence-electron chi connectivity index (χ3n) is 2.78. The van der Waals surface area contributed by atoms with Gasteiger partial charge in [-0.2, -0.15) is 0 Å². The molecule has 1 amide bonds. The lowest BCUT2D eigenvalue weighted by atomic mass is 10.0. The van der Waals surface area contributed by atoms with Gasteiger partial charge < -0.3 is 15.8 Å². The summed E-state index contributed by atoms with van der Waals surface area (Å²) >= 11 is 0. The van der Waals surface area contributed by atoms with E-state index in [9.17, 15) is 4.79 Å². The van der Waals surface area contributed by atoms with Crippen molar-refractivity contribution in [2.75, 3.05) is 13.2 Å². The molecule has 0 aliphatic carbocycles. The van der Waals surface area contributed by atoms with Crippen LogP contribution < -0.4 is 15.8 Å². The highest BCUT2D eigenvalue weighted by atomic mass is 16.5. The highest BCUT2D eigenvalue weighted by Gasteiger charge is 2.14. The first kappa shape index (κ1) is 15.5. The van der Waals surface area contributed by atoms with Crippen LogP contribution in [0.5, 0.6) is 5.75 Å². The zero-order valence-electron chi connectivity index (χ0n) is 12.0. The van der Waals surface area contributed by atoms with Gasteiger partial charge in [0.25, 0.3) is 5.91 Å². The first-order valence-corrected chi connectivity index (χ1v) is 6.80. The SMILES string of the molecule is CCOc1cccc(C(=O)NC(CN)CC(C)C)c1. The fourth-order valence-corrected chi connectivity index (χ4v) is 1.95. The first-order chi connectivity index (χ1) is 9.06. The molecule has 0 saturated heterocycles. The number of carbonyl (C=O) groups is 1. The molecule has 106 valence electrons. The third kappa shape index (κ3) is 5.30. The van der Waals surface area contributed by atoms with Crippen molar-refractivity contribution in [3.05, 3.63) is 29.8 Å². The van der Waals surface area contributed by atoms with Crippen molar-refractivity contribution in [3.63, 3.8) is 0 Å². The van der Waals surface area contributed by atoms with Crippen LogP contribution in [0.15, 0.2) is 24.3 Å². The molecule has 3 N–H and O–H groups in total. The minimum absolute atomic E-state index is 0.0169. The van der Waals surface area contributed by atoms with E-state index in [0.29, 0.717) is 30.4 Å². The molecule has 1 rings (SSSR count). The summed E-state index contributed by atoms with van der Waals surface area (Å²) in [6, 6.07) is 7.21. The molecule has 0 aliphatic rings. The quantitative estimate of drug-likeness (QED) is 0.793. The Morgan fingerprint density at radius 2 is 2.16 bits per heavy atom. The zero-order chi connectivity index (χ0) is 14.3. The van der Waals surface area contributed by atoms with Crippen LogP contribution in [0.4, 0.5) is 0 Å². The molecule has 4 nitrogen and oxygen atoms in total. The molecular weight excluding hydrogens is 240 g/mol. The van der Waals surface area contributed by atoms with Gasteiger partial charge in [0, 0.05) is 18.2 Å². The van der Waals surface area contributed by atoms with E-state index in [2.05, 4.69) is 19.2 Å². The molecule has 1 aromatic rings. The van der Waals surface area contributed by atoms with Gasteiger partial charge in [-0.05, 0) is 37.5 Å². The number of rotatable bonds is 7. The monoisotopic (exact) mass is 264 g/mol. The van der Waals surface area contributed by atoms with E-state index >= 15 is 0 Å². The van der Waals surface area contributed by atoms with Gasteiger partial charge >= 0.3 is 0 Å². The Morgan fingerprint density at radius 3 is 2.74 bits per heavy atom. The molecule has 1 atom stereocenters. The standard InChI is InChI=1S/C15H24N2O2/c1-4-19-14-7-5-6-12(9-14)15(18)17-13(10-16)8-11(2)3/h5-7,9,11,13H,4,8,10,16H2,1-3H3,(H,17,18). The van der Waals surface area contributed by atoms with Crippen LogP contribution in [0.1, 0.15) is 37.6 Å². The Hall–Kier alpha value is -1.55. The summed E-state index contributed by atoms with van der Waals surface area (Å²) in [4.78, 5) is 12.1. The van der Waals surface area contributed by atoms with Crippen molar-refractivity contribution in [2.45, 2.75) is 33.2 Å². The molecule has 0 aromatic heterocycles. The molecule has 0 heterocycles. The number of carbonyl (C=O) groups excluding carboxylic acids is 1. The Labute approximate surface area is 115 Å². The van der Waals surface area contributed by atoms with Crippen molar-refractivity contribution < 1.29 is 9.53 Å². The van der Waals surface area contributed by atoms with E-state index in [1.54, 1.807) is 12.1 Å². The minimum atomic E-state index is -0.0994. The second kappa shape index (κ2) is 7.79. The fraction of sp³-hybridized carbons (Fsp3) is 0.533. The number of ether oxygens (including phenoxy) is 1. The minimum Gasteiger partial charge on any atom is -0.494 e. The van der Waals surface area contributed by atoms with Gasteiger partial charge in [0.05, 0.1) is 6.61 Å². The van der Waals surface area contributed by atoms with Gasteiger partial charge in [-0.15, -0.1) is 0 Å². The van der Waals surface area contributed by atoms with Crippen LogP contribution in [0, 0.1) is 5.92 Å². The highest BCUT2D eigenvalue weighted by molar-refractivity contribution is 5.94. The lowest BCUT2D eigenvalue weighted by Gasteiger charge is -2.19. The second-order valence-electron chi connectivity index (χ2n) is 5.00. The van der Waals surface area contributed by atoms with Crippen molar-refractivity contribution in [3.8, 4) is 5.75 Å². The summed E-state index contributed by atoms with van der Waals surface area (Å²) in [5.74, 6) is 1.12. The fourth-order valence-electron chi connectivity index (χ4n) is 1.95. The van der Waals surface area contributed by atoms with E-state index in [0.717, 1.165) is 6.42 Å². The number of hydrogen-bond donors (Lipinski definition) is 2. The number of nitrogens with one attached hydrogen (secondary N) is 1. The van der Waals surface area contributed by atoms with Gasteiger partial charge in [0.1, 0.15) is 5.75 Å². The van der Waals surface area contributed by atoms with Gasteiger partial charge in [0.15, 0.2) is 0 Å². The molecule has 0 spiro atoms. The summed E-state index contributed by atoms with van der Waals surface area (Å²) in [7, 11) is 0. The summed E-state index contributed by atoms with van der Waals surface area (Å²) in [6.45, 7) is 7.19. The van der Waals surface area contributed by atoms with E-state index in [4.69, 9.17) is 10.5 Å². The Balaban J connectivity index is 2.68. The van der Waals surface area contributed by atoms with Gasteiger partial charge in [-0.3, -0.25) is 4.79 Å². The van der Waals surface area contributed by atoms with Crippen molar-refractivity contribution >= 4 is 5.91 Å². The molecule has 19 heavy (non-hydrogen) atoms. The van der Waals surface area contributed by atoms with Crippen molar-refractivity contribution in [2.24, 2.45) is 11.7 Å². The summed E-state index contributed by atoms with van der Waals surface area (Å²) in [5, 5.41) is 2.96. The smallest absolute Gasteiger partial charge is 0.251 e. The second-order valence-corrected chi connectivity index (χ2v) is 5.00. The average Bonchev–Trinajstić information content (AvgIpc) is 2.38. The summed E-state index contributed by atoms with van der Waals surface area (Å²) in [5.41, 5.74) is 6.29. The normalized spacial score (nSPS) is 12.3. The van der Waals surface area contributed by atoms with E-state index in [1.165, 1.54) is 0 Å². The van der Waals surface area contributed by atoms with Crippen LogP contribution >= 0.6 is 0 Å².